The normalized spacial score (nSPS) is 13.2. The van der Waals surface area contributed by atoms with Crippen molar-refractivity contribution in [3.05, 3.63) is 43.7 Å². The molecule has 5 amide bonds. The summed E-state index contributed by atoms with van der Waals surface area (Å²) in [6, 6.07) is 0. The van der Waals surface area contributed by atoms with E-state index in [9.17, 15) is 69.6 Å². The van der Waals surface area contributed by atoms with E-state index in [-0.39, 0.29) is 61.6 Å². The quantitative estimate of drug-likeness (QED) is 0.0308. The molecule has 0 saturated carbocycles. The number of hydrazine groups is 1. The molecule has 20 nitrogen and oxygen atoms in total. The minimum atomic E-state index is -1.46. The van der Waals surface area contributed by atoms with Crippen molar-refractivity contribution in [3.8, 4) is 0 Å². The fourth-order valence-corrected chi connectivity index (χ4v) is 13.7. The van der Waals surface area contributed by atoms with E-state index < -0.39 is 112 Å². The third kappa shape index (κ3) is 14.3. The maximum absolute atomic E-state index is 14.4. The predicted molar refractivity (Wildman–Crippen MR) is 257 cm³/mol. The first-order valence-electron chi connectivity index (χ1n) is 16.5. The van der Waals surface area contributed by atoms with Crippen LogP contribution in [0.5, 0.6) is 0 Å². The number of hydrogen-bond acceptors (Lipinski definition) is 15. The van der Waals surface area contributed by atoms with E-state index in [1.165, 1.54) is 6.92 Å². The first-order valence-corrected chi connectivity index (χ1v) is 22.9. The second kappa shape index (κ2) is 25.6. The van der Waals surface area contributed by atoms with E-state index >= 15 is 0 Å². The minimum absolute atomic E-state index is 0.0245. The molecule has 2 aromatic carbocycles. The Balaban J connectivity index is 2.90. The molecule has 0 aromatic heterocycles. The van der Waals surface area contributed by atoms with Gasteiger partial charge in [0.25, 0.3) is 17.7 Å². The average Bonchev–Trinajstić information content (AvgIpc) is 3.17. The van der Waals surface area contributed by atoms with Crippen LogP contribution in [0.2, 0.25) is 0 Å². The number of amides is 5. The number of aliphatic hydroxyl groups is 8. The van der Waals surface area contributed by atoms with Gasteiger partial charge in [-0.2, -0.15) is 0 Å². The summed E-state index contributed by atoms with van der Waals surface area (Å²) in [5.41, 5.74) is 1.95. The highest BCUT2D eigenvalue weighted by Crippen LogP contribution is 2.39. The van der Waals surface area contributed by atoms with Gasteiger partial charge in [-0.3, -0.25) is 28.8 Å². The van der Waals surface area contributed by atoms with Crippen molar-refractivity contribution in [1.82, 2.24) is 21.4 Å². The molecule has 2 aromatic rings. The highest BCUT2D eigenvalue weighted by molar-refractivity contribution is 14.1. The van der Waals surface area contributed by atoms with E-state index in [0.29, 0.717) is 0 Å². The van der Waals surface area contributed by atoms with Gasteiger partial charge in [-0.25, -0.2) is 10.4 Å². The second-order valence-corrected chi connectivity index (χ2v) is 18.4. The summed E-state index contributed by atoms with van der Waals surface area (Å²) in [7, 11) is 0. The molecule has 322 valence electrons. The van der Waals surface area contributed by atoms with E-state index in [1.807, 2.05) is 0 Å². The Bertz CT molecular complexity index is 1840. The fraction of sp³-hybridized carbons (Fsp3) is 0.438. The third-order valence-corrected chi connectivity index (χ3v) is 13.9. The lowest BCUT2D eigenvalue weighted by atomic mass is 10.0. The largest absolute Gasteiger partial charge is 0.394 e. The lowest BCUT2D eigenvalue weighted by Crippen LogP contribution is -2.49. The standard InChI is InChI=1S/C32H38I6N6O14/c1-11(49)43-28-24(35)18(22(33)19(25(28)36)30(56)39-3-12(50)7-45)16(54)2-17(55)44(42-6-15(53)10-48)29-26(37)20(31(57)40-4-13(51)8-46)23(34)21(27(29)38)32(58)41-5-14(52)9-47/h12-15,42,45-48,50-53H,2-10H2,1H3,(H,39,56)(H,40,57)(H,41,58)(H,43,49). The van der Waals surface area contributed by atoms with Crippen LogP contribution in [-0.4, -0.2) is 153 Å². The van der Waals surface area contributed by atoms with Crippen LogP contribution >= 0.6 is 136 Å². The molecule has 0 aliphatic carbocycles. The maximum atomic E-state index is 14.4. The van der Waals surface area contributed by atoms with E-state index in [0.717, 1.165) is 5.01 Å². The summed E-state index contributed by atoms with van der Waals surface area (Å²) in [6.07, 6.45) is -6.44. The van der Waals surface area contributed by atoms with Crippen molar-refractivity contribution in [3.63, 3.8) is 0 Å². The summed E-state index contributed by atoms with van der Waals surface area (Å²) in [5.74, 6) is -4.93. The number of aliphatic hydroxyl groups excluding tert-OH is 8. The fourth-order valence-electron chi connectivity index (χ4n) is 4.59. The number of nitrogens with one attached hydrogen (secondary N) is 5. The Morgan fingerprint density at radius 1 is 0.534 bits per heavy atom. The zero-order valence-electron chi connectivity index (χ0n) is 29.9. The molecule has 0 radical (unpaired) electrons. The van der Waals surface area contributed by atoms with Crippen molar-refractivity contribution in [2.24, 2.45) is 0 Å². The average molecular weight is 1490 g/mol. The Kier molecular flexibility index (Phi) is 23.6. The predicted octanol–water partition coefficient (Wildman–Crippen LogP) is -1.01. The molecule has 0 heterocycles. The van der Waals surface area contributed by atoms with Gasteiger partial charge in [0, 0.05) is 49.4 Å². The highest BCUT2D eigenvalue weighted by atomic mass is 127. The van der Waals surface area contributed by atoms with Crippen LogP contribution < -0.4 is 31.7 Å². The van der Waals surface area contributed by atoms with Gasteiger partial charge in [0.15, 0.2) is 5.78 Å². The summed E-state index contributed by atoms with van der Waals surface area (Å²) in [5, 5.41) is 88.0. The van der Waals surface area contributed by atoms with Crippen molar-refractivity contribution in [2.75, 3.05) is 62.9 Å². The SMILES string of the molecule is CC(=O)Nc1c(I)c(C(=O)CC(=O)N(NCC(O)CO)c2c(I)c(C(=O)NCC(O)CO)c(I)c(C(=O)NCC(O)CO)c2I)c(I)c(C(=O)NCC(O)CO)c1I. The second-order valence-electron chi connectivity index (χ2n) is 12.0. The van der Waals surface area contributed by atoms with Gasteiger partial charge in [-0.05, 0) is 136 Å². The van der Waals surface area contributed by atoms with Gasteiger partial charge in [0.1, 0.15) is 0 Å². The molecule has 26 heteroatoms. The molecule has 4 atom stereocenters. The van der Waals surface area contributed by atoms with Crippen LogP contribution in [0.4, 0.5) is 11.4 Å². The highest BCUT2D eigenvalue weighted by Gasteiger charge is 2.35. The number of ketones is 1. The van der Waals surface area contributed by atoms with Gasteiger partial charge in [-0.1, -0.05) is 0 Å². The molecule has 13 N–H and O–H groups in total. The van der Waals surface area contributed by atoms with Crippen LogP contribution in [0.15, 0.2) is 0 Å². The number of nitrogens with zero attached hydrogens (tertiary/aromatic N) is 1. The van der Waals surface area contributed by atoms with E-state index in [1.54, 1.807) is 136 Å². The number of rotatable bonds is 21. The molecule has 0 bridgehead atoms. The zero-order valence-corrected chi connectivity index (χ0v) is 42.9. The number of carbonyl (C=O) groups is 6. The summed E-state index contributed by atoms with van der Waals surface area (Å²) in [6.45, 7) is -3.28. The first kappa shape index (κ1) is 53.6. The molecular weight excluding hydrogens is 1450 g/mol. The number of halogens is 6. The molecule has 0 aliphatic heterocycles. The van der Waals surface area contributed by atoms with E-state index in [4.69, 9.17) is 0 Å². The van der Waals surface area contributed by atoms with Crippen LogP contribution in [0.25, 0.3) is 0 Å². The van der Waals surface area contributed by atoms with Crippen molar-refractivity contribution in [2.45, 2.75) is 37.8 Å². The molecular formula is C32H38I6N6O14. The van der Waals surface area contributed by atoms with E-state index in [2.05, 4.69) is 26.7 Å². The molecule has 0 saturated heterocycles. The Labute approximate surface area is 412 Å². The lowest BCUT2D eigenvalue weighted by molar-refractivity contribution is -0.118. The Morgan fingerprint density at radius 2 is 0.879 bits per heavy atom. The number of benzene rings is 2. The summed E-state index contributed by atoms with van der Waals surface area (Å²) in [4.78, 5) is 81.7. The van der Waals surface area contributed by atoms with Crippen LogP contribution in [0.3, 0.4) is 0 Å². The molecule has 0 aliphatic rings. The molecule has 4 unspecified atom stereocenters. The number of carbonyl (C=O) groups excluding carboxylic acids is 6. The Morgan fingerprint density at radius 3 is 1.26 bits per heavy atom. The number of anilines is 2. The zero-order chi connectivity index (χ0) is 44.2. The minimum Gasteiger partial charge on any atom is -0.394 e. The van der Waals surface area contributed by atoms with Gasteiger partial charge < -0.3 is 62.1 Å². The van der Waals surface area contributed by atoms with Gasteiger partial charge in [0.05, 0.1) is 96.0 Å². The number of hydrogen-bond donors (Lipinski definition) is 13. The van der Waals surface area contributed by atoms with Crippen molar-refractivity contribution < 1.29 is 69.6 Å². The molecule has 0 spiro atoms. The number of Topliss-reactive ketones (excluding diaryl/α,β-unsaturated/α-hetero) is 1. The Hall–Kier alpha value is -0.520. The first-order chi connectivity index (χ1) is 27.2. The summed E-state index contributed by atoms with van der Waals surface area (Å²) >= 11 is 10.5. The van der Waals surface area contributed by atoms with Crippen molar-refractivity contribution in [1.29, 1.82) is 0 Å². The van der Waals surface area contributed by atoms with Crippen LogP contribution in [0.1, 0.15) is 54.8 Å². The molecule has 0 fully saturated rings. The van der Waals surface area contributed by atoms with Crippen LogP contribution in [0, 0.1) is 21.4 Å². The maximum Gasteiger partial charge on any atom is 0.253 e. The lowest BCUT2D eigenvalue weighted by Gasteiger charge is -2.29. The topological polar surface area (TPSA) is 328 Å². The summed E-state index contributed by atoms with van der Waals surface area (Å²) < 4.78 is 0.545. The smallest absolute Gasteiger partial charge is 0.253 e. The molecule has 58 heavy (non-hydrogen) atoms. The van der Waals surface area contributed by atoms with Gasteiger partial charge in [-0.15, -0.1) is 0 Å². The van der Waals surface area contributed by atoms with Gasteiger partial charge in [0.2, 0.25) is 11.8 Å². The third-order valence-electron chi connectivity index (χ3n) is 7.48. The molecule has 2 rings (SSSR count). The van der Waals surface area contributed by atoms with Crippen molar-refractivity contribution >= 4 is 182 Å². The van der Waals surface area contributed by atoms with Crippen LogP contribution in [-0.2, 0) is 9.59 Å². The van der Waals surface area contributed by atoms with Gasteiger partial charge >= 0.3 is 0 Å². The monoisotopic (exact) mass is 1490 g/mol.